The Hall–Kier alpha value is -2.40. The Morgan fingerprint density at radius 2 is 2.05 bits per heavy atom. The summed E-state index contributed by atoms with van der Waals surface area (Å²) >= 11 is 0. The molecular formula is C16H17N5. The zero-order valence-corrected chi connectivity index (χ0v) is 11.7. The summed E-state index contributed by atoms with van der Waals surface area (Å²) in [6.45, 7) is 0.854. The fraction of sp³-hybridized carbons (Fsp3) is 0.250. The molecule has 3 aromatic rings. The lowest BCUT2D eigenvalue weighted by Gasteiger charge is -2.02. The van der Waals surface area contributed by atoms with Crippen molar-refractivity contribution in [2.75, 3.05) is 0 Å². The zero-order valence-electron chi connectivity index (χ0n) is 11.7. The first-order valence-electron chi connectivity index (χ1n) is 7.26. The fourth-order valence-electron chi connectivity index (χ4n) is 2.41. The van der Waals surface area contributed by atoms with Crippen molar-refractivity contribution < 1.29 is 0 Å². The minimum absolute atomic E-state index is 0.694. The van der Waals surface area contributed by atoms with E-state index in [-0.39, 0.29) is 0 Å². The van der Waals surface area contributed by atoms with Crippen LogP contribution in [0, 0.1) is 0 Å². The fourth-order valence-corrected chi connectivity index (χ4v) is 2.41. The Kier molecular flexibility index (Phi) is 3.05. The highest BCUT2D eigenvalue weighted by Gasteiger charge is 2.21. The van der Waals surface area contributed by atoms with Crippen LogP contribution in [0.4, 0.5) is 0 Å². The number of para-hydroxylation sites is 1. The average Bonchev–Trinajstić information content (AvgIpc) is 3.03. The maximum Gasteiger partial charge on any atom is 0.0726 e. The van der Waals surface area contributed by atoms with E-state index in [2.05, 4.69) is 20.6 Å². The third-order valence-electron chi connectivity index (χ3n) is 3.77. The highest BCUT2D eigenvalue weighted by atomic mass is 15.3. The van der Waals surface area contributed by atoms with E-state index in [4.69, 9.17) is 0 Å². The van der Waals surface area contributed by atoms with Gasteiger partial charge in [-0.2, -0.15) is 10.2 Å². The van der Waals surface area contributed by atoms with Gasteiger partial charge in [-0.1, -0.05) is 18.2 Å². The second kappa shape index (κ2) is 5.18. The number of nitrogens with zero attached hydrogens (tertiary/aromatic N) is 3. The Labute approximate surface area is 123 Å². The zero-order chi connectivity index (χ0) is 14.1. The first kappa shape index (κ1) is 12.3. The quantitative estimate of drug-likeness (QED) is 0.754. The lowest BCUT2D eigenvalue weighted by atomic mass is 10.1. The van der Waals surface area contributed by atoms with Crippen molar-refractivity contribution in [3.8, 4) is 16.9 Å². The highest BCUT2D eigenvalue weighted by Crippen LogP contribution is 2.24. The van der Waals surface area contributed by atoms with Crippen LogP contribution in [0.1, 0.15) is 18.4 Å². The standard InChI is InChI=1S/C16H17N5/c1-2-4-15(5-3-1)21-11-13(10-19-21)16-12(9-18-20-16)8-17-14-6-7-14/h1-5,9-11,14,17H,6-8H2,(H,18,20). The molecule has 0 radical (unpaired) electrons. The van der Waals surface area contributed by atoms with Crippen LogP contribution in [-0.2, 0) is 6.54 Å². The molecule has 0 saturated heterocycles. The molecular weight excluding hydrogens is 262 g/mol. The molecule has 4 rings (SSSR count). The molecule has 1 aliphatic rings. The number of benzene rings is 1. The van der Waals surface area contributed by atoms with Gasteiger partial charge in [-0.15, -0.1) is 0 Å². The van der Waals surface area contributed by atoms with E-state index in [9.17, 15) is 0 Å². The van der Waals surface area contributed by atoms with Gasteiger partial charge in [-0.05, 0) is 25.0 Å². The van der Waals surface area contributed by atoms with Crippen molar-refractivity contribution in [1.29, 1.82) is 0 Å². The summed E-state index contributed by atoms with van der Waals surface area (Å²) in [6, 6.07) is 10.8. The second-order valence-electron chi connectivity index (χ2n) is 5.43. The van der Waals surface area contributed by atoms with E-state index in [1.807, 2.05) is 53.6 Å². The molecule has 1 aromatic carbocycles. The molecule has 2 N–H and O–H groups in total. The first-order valence-corrected chi connectivity index (χ1v) is 7.26. The summed E-state index contributed by atoms with van der Waals surface area (Å²) in [5, 5.41) is 15.2. The van der Waals surface area contributed by atoms with E-state index < -0.39 is 0 Å². The Morgan fingerprint density at radius 1 is 1.19 bits per heavy atom. The van der Waals surface area contributed by atoms with E-state index in [1.165, 1.54) is 18.4 Å². The maximum atomic E-state index is 4.44. The Balaban J connectivity index is 1.59. The largest absolute Gasteiger partial charge is 0.310 e. The van der Waals surface area contributed by atoms with Gasteiger partial charge in [0.2, 0.25) is 0 Å². The molecule has 0 atom stereocenters. The highest BCUT2D eigenvalue weighted by molar-refractivity contribution is 5.61. The number of rotatable bonds is 5. The molecule has 5 heteroatoms. The number of aromatic amines is 1. The van der Waals surface area contributed by atoms with Crippen molar-refractivity contribution in [3.63, 3.8) is 0 Å². The van der Waals surface area contributed by atoms with Crippen LogP contribution < -0.4 is 5.32 Å². The minimum Gasteiger partial charge on any atom is -0.310 e. The number of H-pyrrole nitrogens is 1. The topological polar surface area (TPSA) is 58.5 Å². The molecule has 2 aromatic heterocycles. The number of hydrogen-bond acceptors (Lipinski definition) is 3. The summed E-state index contributed by atoms with van der Waals surface area (Å²) in [5.41, 5.74) is 4.35. The predicted molar refractivity (Wildman–Crippen MR) is 81.0 cm³/mol. The van der Waals surface area contributed by atoms with Crippen LogP contribution in [0.2, 0.25) is 0 Å². The normalized spacial score (nSPS) is 14.5. The number of aromatic nitrogens is 4. The van der Waals surface area contributed by atoms with Gasteiger partial charge in [0.25, 0.3) is 0 Å². The summed E-state index contributed by atoms with van der Waals surface area (Å²) < 4.78 is 1.88. The molecule has 0 amide bonds. The third-order valence-corrected chi connectivity index (χ3v) is 3.77. The van der Waals surface area contributed by atoms with Gasteiger partial charge in [0.05, 0.1) is 23.8 Å². The monoisotopic (exact) mass is 279 g/mol. The molecule has 1 aliphatic carbocycles. The van der Waals surface area contributed by atoms with Crippen molar-refractivity contribution in [2.45, 2.75) is 25.4 Å². The Morgan fingerprint density at radius 3 is 2.86 bits per heavy atom. The van der Waals surface area contributed by atoms with Gasteiger partial charge in [0, 0.05) is 29.9 Å². The van der Waals surface area contributed by atoms with Crippen molar-refractivity contribution >= 4 is 0 Å². The van der Waals surface area contributed by atoms with Crippen LogP contribution >= 0.6 is 0 Å². The summed E-state index contributed by atoms with van der Waals surface area (Å²) in [4.78, 5) is 0. The molecule has 1 fully saturated rings. The van der Waals surface area contributed by atoms with E-state index in [1.54, 1.807) is 0 Å². The van der Waals surface area contributed by atoms with Gasteiger partial charge >= 0.3 is 0 Å². The van der Waals surface area contributed by atoms with E-state index >= 15 is 0 Å². The molecule has 2 heterocycles. The van der Waals surface area contributed by atoms with Crippen molar-refractivity contribution in [3.05, 3.63) is 54.5 Å². The van der Waals surface area contributed by atoms with Crippen molar-refractivity contribution in [2.24, 2.45) is 0 Å². The number of hydrogen-bond donors (Lipinski definition) is 2. The molecule has 0 aliphatic heterocycles. The SMILES string of the molecule is c1ccc(-n2cc(-c3[nH]ncc3CNC3CC3)cn2)cc1. The molecule has 0 spiro atoms. The van der Waals surface area contributed by atoms with Gasteiger partial charge in [0.1, 0.15) is 0 Å². The van der Waals surface area contributed by atoms with Crippen LogP contribution in [0.25, 0.3) is 16.9 Å². The van der Waals surface area contributed by atoms with E-state index in [0.717, 1.165) is 23.5 Å². The van der Waals surface area contributed by atoms with Crippen LogP contribution in [-0.4, -0.2) is 26.0 Å². The van der Waals surface area contributed by atoms with Gasteiger partial charge in [0.15, 0.2) is 0 Å². The third kappa shape index (κ3) is 2.60. The van der Waals surface area contributed by atoms with Gasteiger partial charge < -0.3 is 5.32 Å². The van der Waals surface area contributed by atoms with E-state index in [0.29, 0.717) is 6.04 Å². The molecule has 106 valence electrons. The second-order valence-corrected chi connectivity index (χ2v) is 5.43. The Bertz CT molecular complexity index is 724. The molecule has 0 bridgehead atoms. The summed E-state index contributed by atoms with van der Waals surface area (Å²) in [7, 11) is 0. The van der Waals surface area contributed by atoms with Crippen molar-refractivity contribution in [1.82, 2.24) is 25.3 Å². The first-order chi connectivity index (χ1) is 10.4. The summed E-state index contributed by atoms with van der Waals surface area (Å²) in [6.07, 6.45) is 8.38. The predicted octanol–water partition coefficient (Wildman–Crippen LogP) is 2.51. The van der Waals surface area contributed by atoms with Gasteiger partial charge in [-0.3, -0.25) is 5.10 Å². The number of nitrogens with one attached hydrogen (secondary N) is 2. The van der Waals surface area contributed by atoms with Gasteiger partial charge in [-0.25, -0.2) is 4.68 Å². The molecule has 0 unspecified atom stereocenters. The van der Waals surface area contributed by atoms with Crippen LogP contribution in [0.3, 0.4) is 0 Å². The van der Waals surface area contributed by atoms with Crippen LogP contribution in [0.5, 0.6) is 0 Å². The smallest absolute Gasteiger partial charge is 0.0726 e. The molecule has 5 nitrogen and oxygen atoms in total. The lowest BCUT2D eigenvalue weighted by Crippen LogP contribution is -2.15. The summed E-state index contributed by atoms with van der Waals surface area (Å²) in [5.74, 6) is 0. The van der Waals surface area contributed by atoms with Crippen LogP contribution in [0.15, 0.2) is 48.9 Å². The maximum absolute atomic E-state index is 4.44. The molecule has 1 saturated carbocycles. The molecule has 21 heavy (non-hydrogen) atoms. The minimum atomic E-state index is 0.694. The lowest BCUT2D eigenvalue weighted by molar-refractivity contribution is 0.689. The average molecular weight is 279 g/mol.